The predicted octanol–water partition coefficient (Wildman–Crippen LogP) is 3.53. The summed E-state index contributed by atoms with van der Waals surface area (Å²) in [5.41, 5.74) is -0.0698. The summed E-state index contributed by atoms with van der Waals surface area (Å²) in [6.45, 7) is 3.90. The Hall–Kier alpha value is -1.81. The number of nitrogens with zero attached hydrogens (tertiary/aromatic N) is 2. The third-order valence-corrected chi connectivity index (χ3v) is 7.63. The van der Waals surface area contributed by atoms with Crippen molar-refractivity contribution in [1.82, 2.24) is 4.90 Å². The summed E-state index contributed by atoms with van der Waals surface area (Å²) in [6, 6.07) is 3.23. The van der Waals surface area contributed by atoms with Crippen molar-refractivity contribution in [2.75, 3.05) is 47.9 Å². The van der Waals surface area contributed by atoms with Crippen LogP contribution in [-0.2, 0) is 20.8 Å². The van der Waals surface area contributed by atoms with Crippen molar-refractivity contribution in [3.63, 3.8) is 0 Å². The van der Waals surface area contributed by atoms with Crippen LogP contribution in [0.4, 0.5) is 24.5 Å². The quantitative estimate of drug-likeness (QED) is 0.673. The van der Waals surface area contributed by atoms with E-state index in [0.29, 0.717) is 18.7 Å². The van der Waals surface area contributed by atoms with E-state index in [1.165, 1.54) is 6.07 Å². The molecule has 0 aliphatic carbocycles. The van der Waals surface area contributed by atoms with Gasteiger partial charge in [-0.25, -0.2) is 8.42 Å². The molecular formula is C21H30F3N3O3S. The van der Waals surface area contributed by atoms with Gasteiger partial charge in [0.1, 0.15) is 0 Å². The molecule has 0 saturated carbocycles. The standard InChI is InChI=1S/C21H30F3N3O3S/c1-2-9-27(17-8-12-31(29,30)15-17)14-20(28)25-18-13-16(21(22,23)24)6-7-19(18)26-10-4-3-5-11-26/h6-7,13,17H,2-5,8-12,14-15H2,1H3,(H,25,28). The second-order valence-electron chi connectivity index (χ2n) is 8.35. The van der Waals surface area contributed by atoms with Gasteiger partial charge >= 0.3 is 6.18 Å². The number of carbonyl (C=O) groups excluding carboxylic acids is 1. The monoisotopic (exact) mass is 461 g/mol. The van der Waals surface area contributed by atoms with Gasteiger partial charge in [0.05, 0.1) is 35.0 Å². The highest BCUT2D eigenvalue weighted by molar-refractivity contribution is 7.91. The normalized spacial score (nSPS) is 21.5. The van der Waals surface area contributed by atoms with E-state index in [1.54, 1.807) is 0 Å². The Bertz CT molecular complexity index is 884. The van der Waals surface area contributed by atoms with E-state index < -0.39 is 27.5 Å². The Balaban J connectivity index is 1.79. The van der Waals surface area contributed by atoms with Crippen molar-refractivity contribution in [3.05, 3.63) is 23.8 Å². The molecule has 174 valence electrons. The summed E-state index contributed by atoms with van der Waals surface area (Å²) in [6.07, 6.45) is -0.310. The molecule has 3 rings (SSSR count). The molecule has 2 aliphatic heterocycles. The molecule has 0 spiro atoms. The number of sulfone groups is 1. The smallest absolute Gasteiger partial charge is 0.370 e. The van der Waals surface area contributed by atoms with Gasteiger partial charge in [-0.3, -0.25) is 9.69 Å². The molecule has 2 saturated heterocycles. The summed E-state index contributed by atoms with van der Waals surface area (Å²) in [7, 11) is -3.10. The number of anilines is 2. The number of piperidine rings is 1. The Kier molecular flexibility index (Phi) is 7.51. The van der Waals surface area contributed by atoms with Gasteiger partial charge in [-0.15, -0.1) is 0 Å². The summed E-state index contributed by atoms with van der Waals surface area (Å²) in [5.74, 6) is -0.315. The molecule has 1 aromatic carbocycles. The minimum absolute atomic E-state index is 0.0167. The second kappa shape index (κ2) is 9.77. The Labute approximate surface area is 181 Å². The van der Waals surface area contributed by atoms with E-state index >= 15 is 0 Å². The zero-order valence-corrected chi connectivity index (χ0v) is 18.6. The Morgan fingerprint density at radius 1 is 1.23 bits per heavy atom. The van der Waals surface area contributed by atoms with Crippen LogP contribution >= 0.6 is 0 Å². The molecular weight excluding hydrogens is 431 g/mol. The summed E-state index contributed by atoms with van der Waals surface area (Å²) in [4.78, 5) is 16.6. The molecule has 0 aromatic heterocycles. The van der Waals surface area contributed by atoms with E-state index in [2.05, 4.69) is 5.32 Å². The number of rotatable bonds is 7. The zero-order chi connectivity index (χ0) is 22.6. The van der Waals surface area contributed by atoms with Crippen molar-refractivity contribution in [2.45, 2.75) is 51.2 Å². The maximum atomic E-state index is 13.3. The second-order valence-corrected chi connectivity index (χ2v) is 10.6. The average molecular weight is 462 g/mol. The molecule has 2 heterocycles. The predicted molar refractivity (Wildman–Crippen MR) is 115 cm³/mol. The van der Waals surface area contributed by atoms with Crippen molar-refractivity contribution in [3.8, 4) is 0 Å². The Morgan fingerprint density at radius 3 is 2.52 bits per heavy atom. The third-order valence-electron chi connectivity index (χ3n) is 5.88. The van der Waals surface area contributed by atoms with Crippen LogP contribution in [0.25, 0.3) is 0 Å². The van der Waals surface area contributed by atoms with Gasteiger partial charge < -0.3 is 10.2 Å². The first-order valence-corrected chi connectivity index (χ1v) is 12.6. The van der Waals surface area contributed by atoms with Gasteiger partial charge in [-0.1, -0.05) is 6.92 Å². The first-order chi connectivity index (χ1) is 14.6. The number of halogens is 3. The molecule has 0 bridgehead atoms. The van der Waals surface area contributed by atoms with E-state index in [9.17, 15) is 26.4 Å². The molecule has 1 N–H and O–H groups in total. The highest BCUT2D eigenvalue weighted by Crippen LogP contribution is 2.36. The molecule has 1 atom stereocenters. The molecule has 1 aromatic rings. The van der Waals surface area contributed by atoms with Crippen LogP contribution in [0, 0.1) is 0 Å². The molecule has 1 unspecified atom stereocenters. The topological polar surface area (TPSA) is 69.7 Å². The highest BCUT2D eigenvalue weighted by atomic mass is 32.2. The lowest BCUT2D eigenvalue weighted by molar-refractivity contribution is -0.137. The van der Waals surface area contributed by atoms with Crippen molar-refractivity contribution < 1.29 is 26.4 Å². The molecule has 0 radical (unpaired) electrons. The lowest BCUT2D eigenvalue weighted by Crippen LogP contribution is -2.42. The molecule has 10 heteroatoms. The van der Waals surface area contributed by atoms with Gasteiger partial charge in [0.2, 0.25) is 5.91 Å². The summed E-state index contributed by atoms with van der Waals surface area (Å²) in [5, 5.41) is 2.68. The first kappa shape index (κ1) is 23.8. The number of nitrogens with one attached hydrogen (secondary N) is 1. The van der Waals surface area contributed by atoms with Crippen LogP contribution in [0.1, 0.15) is 44.6 Å². The maximum absolute atomic E-state index is 13.3. The number of alkyl halides is 3. The molecule has 2 fully saturated rings. The van der Waals surface area contributed by atoms with Gasteiger partial charge in [-0.05, 0) is 56.8 Å². The first-order valence-electron chi connectivity index (χ1n) is 10.8. The van der Waals surface area contributed by atoms with Gasteiger partial charge in [-0.2, -0.15) is 13.2 Å². The highest BCUT2D eigenvalue weighted by Gasteiger charge is 2.34. The van der Waals surface area contributed by atoms with Crippen molar-refractivity contribution >= 4 is 27.1 Å². The fourth-order valence-electron chi connectivity index (χ4n) is 4.34. The molecule has 1 amide bonds. The van der Waals surface area contributed by atoms with E-state index in [0.717, 1.165) is 50.9 Å². The maximum Gasteiger partial charge on any atom is 0.416 e. The van der Waals surface area contributed by atoms with Gasteiger partial charge in [0.25, 0.3) is 0 Å². The number of amides is 1. The van der Waals surface area contributed by atoms with Crippen LogP contribution in [0.5, 0.6) is 0 Å². The van der Waals surface area contributed by atoms with Gasteiger partial charge in [0.15, 0.2) is 9.84 Å². The van der Waals surface area contributed by atoms with E-state index in [4.69, 9.17) is 0 Å². The van der Waals surface area contributed by atoms with Crippen molar-refractivity contribution in [1.29, 1.82) is 0 Å². The van der Waals surface area contributed by atoms with Crippen LogP contribution in [0.15, 0.2) is 18.2 Å². The SMILES string of the molecule is CCCN(CC(=O)Nc1cc(C(F)(F)F)ccc1N1CCCCC1)C1CCS(=O)(=O)C1. The fourth-order valence-corrected chi connectivity index (χ4v) is 6.10. The number of hydrogen-bond donors (Lipinski definition) is 1. The minimum Gasteiger partial charge on any atom is -0.370 e. The summed E-state index contributed by atoms with van der Waals surface area (Å²) < 4.78 is 63.5. The number of hydrogen-bond acceptors (Lipinski definition) is 5. The van der Waals surface area contributed by atoms with E-state index in [1.807, 2.05) is 16.7 Å². The van der Waals surface area contributed by atoms with Crippen LogP contribution in [0.3, 0.4) is 0 Å². The molecule has 2 aliphatic rings. The number of benzene rings is 1. The Morgan fingerprint density at radius 2 is 1.94 bits per heavy atom. The van der Waals surface area contributed by atoms with Crippen LogP contribution < -0.4 is 10.2 Å². The lowest BCUT2D eigenvalue weighted by Gasteiger charge is -2.31. The van der Waals surface area contributed by atoms with Gasteiger partial charge in [0, 0.05) is 19.1 Å². The largest absolute Gasteiger partial charge is 0.416 e. The number of carbonyl (C=O) groups is 1. The average Bonchev–Trinajstić information content (AvgIpc) is 3.07. The zero-order valence-electron chi connectivity index (χ0n) is 17.7. The van der Waals surface area contributed by atoms with E-state index in [-0.39, 0.29) is 29.8 Å². The fraction of sp³-hybridized carbons (Fsp3) is 0.667. The van der Waals surface area contributed by atoms with Crippen LogP contribution in [0.2, 0.25) is 0 Å². The van der Waals surface area contributed by atoms with Crippen LogP contribution in [-0.4, -0.2) is 63.0 Å². The molecule has 31 heavy (non-hydrogen) atoms. The minimum atomic E-state index is -4.51. The molecule has 6 nitrogen and oxygen atoms in total. The van der Waals surface area contributed by atoms with Crippen molar-refractivity contribution in [2.24, 2.45) is 0 Å². The lowest BCUT2D eigenvalue weighted by atomic mass is 10.1. The summed E-state index contributed by atoms with van der Waals surface area (Å²) >= 11 is 0. The third kappa shape index (κ3) is 6.35.